The first-order valence-corrected chi connectivity index (χ1v) is 4.00. The molecule has 11 heavy (non-hydrogen) atoms. The van der Waals surface area contributed by atoms with Crippen molar-refractivity contribution in [3.8, 4) is 0 Å². The van der Waals surface area contributed by atoms with Gasteiger partial charge in [0.05, 0.1) is 5.03 Å². The van der Waals surface area contributed by atoms with Gasteiger partial charge in [0.1, 0.15) is 6.10 Å². The molecule has 0 fully saturated rings. The molecule has 0 spiro atoms. The Kier molecular flexibility index (Phi) is 2.58. The molecule has 62 valence electrons. The summed E-state index contributed by atoms with van der Waals surface area (Å²) >= 11 is 5.72. The van der Waals surface area contributed by atoms with Crippen LogP contribution < -0.4 is 0 Å². The number of nitrogens with zero attached hydrogens (tertiary/aromatic N) is 1. The summed E-state index contributed by atoms with van der Waals surface area (Å²) in [6, 6.07) is 0.382. The molecule has 0 aromatic carbocycles. The quantitative estimate of drug-likeness (QED) is 0.652. The van der Waals surface area contributed by atoms with Crippen molar-refractivity contribution in [3.05, 3.63) is 23.5 Å². The van der Waals surface area contributed by atoms with E-state index in [1.54, 1.807) is 12.3 Å². The maximum Gasteiger partial charge on any atom is 0.111 e. The highest BCUT2D eigenvalue weighted by Gasteiger charge is 2.12. The molecule has 0 aromatic heterocycles. The minimum Gasteiger partial charge on any atom is -0.383 e. The Morgan fingerprint density at radius 3 is 2.73 bits per heavy atom. The van der Waals surface area contributed by atoms with Gasteiger partial charge in [0.15, 0.2) is 0 Å². The normalized spacial score (nSPS) is 24.3. The molecule has 1 atom stereocenters. The third kappa shape index (κ3) is 1.98. The number of aliphatic hydroxyl groups excluding tert-OH is 1. The first kappa shape index (κ1) is 8.62. The van der Waals surface area contributed by atoms with Gasteiger partial charge >= 0.3 is 0 Å². The predicted molar refractivity (Wildman–Crippen MR) is 46.1 cm³/mol. The van der Waals surface area contributed by atoms with Crippen LogP contribution in [-0.2, 0) is 0 Å². The van der Waals surface area contributed by atoms with Crippen molar-refractivity contribution in [2.24, 2.45) is 0 Å². The molecule has 1 heterocycles. The van der Waals surface area contributed by atoms with Gasteiger partial charge < -0.3 is 10.0 Å². The fourth-order valence-corrected chi connectivity index (χ4v) is 1.04. The lowest BCUT2D eigenvalue weighted by Crippen LogP contribution is -2.24. The zero-order valence-electron chi connectivity index (χ0n) is 6.66. The van der Waals surface area contributed by atoms with Crippen LogP contribution in [0.5, 0.6) is 0 Å². The van der Waals surface area contributed by atoms with Crippen LogP contribution in [0.1, 0.15) is 13.8 Å². The van der Waals surface area contributed by atoms with E-state index in [1.807, 2.05) is 11.1 Å². The third-order valence-corrected chi connectivity index (χ3v) is 1.91. The summed E-state index contributed by atoms with van der Waals surface area (Å²) in [7, 11) is 0. The van der Waals surface area contributed by atoms with Gasteiger partial charge in [0.2, 0.25) is 0 Å². The molecule has 3 heteroatoms. The summed E-state index contributed by atoms with van der Waals surface area (Å²) in [5.41, 5.74) is 0. The topological polar surface area (TPSA) is 23.5 Å². The van der Waals surface area contributed by atoms with E-state index in [0.717, 1.165) is 0 Å². The maximum atomic E-state index is 9.16. The van der Waals surface area contributed by atoms with Gasteiger partial charge in [0.25, 0.3) is 0 Å². The number of hydrogen-bond donors (Lipinski definition) is 1. The second kappa shape index (κ2) is 3.28. The fraction of sp³-hybridized carbons (Fsp3) is 0.500. The summed E-state index contributed by atoms with van der Waals surface area (Å²) in [5, 5.41) is 9.64. The molecule has 0 aromatic rings. The van der Waals surface area contributed by atoms with Crippen molar-refractivity contribution < 1.29 is 5.11 Å². The number of hydrogen-bond acceptors (Lipinski definition) is 2. The Labute approximate surface area is 71.8 Å². The molecule has 1 aliphatic rings. The second-order valence-electron chi connectivity index (χ2n) is 2.84. The van der Waals surface area contributed by atoms with Crippen LogP contribution >= 0.6 is 11.6 Å². The van der Waals surface area contributed by atoms with Crippen molar-refractivity contribution in [1.29, 1.82) is 0 Å². The van der Waals surface area contributed by atoms with Crippen LogP contribution in [0.25, 0.3) is 0 Å². The van der Waals surface area contributed by atoms with Crippen LogP contribution in [0.4, 0.5) is 0 Å². The predicted octanol–water partition coefficient (Wildman–Crippen LogP) is 1.67. The van der Waals surface area contributed by atoms with Gasteiger partial charge in [-0.25, -0.2) is 0 Å². The molecule has 2 nitrogen and oxygen atoms in total. The molecular weight excluding hydrogens is 162 g/mol. The molecular formula is C8H12ClNO. The van der Waals surface area contributed by atoms with E-state index in [4.69, 9.17) is 16.7 Å². The summed E-state index contributed by atoms with van der Waals surface area (Å²) in [4.78, 5) is 1.95. The Morgan fingerprint density at radius 1 is 1.64 bits per heavy atom. The summed E-state index contributed by atoms with van der Waals surface area (Å²) in [6.07, 6.45) is 4.63. The minimum absolute atomic E-state index is 0.382. The maximum absolute atomic E-state index is 9.16. The number of halogens is 1. The van der Waals surface area contributed by atoms with Gasteiger partial charge in [-0.2, -0.15) is 0 Å². The van der Waals surface area contributed by atoms with Gasteiger partial charge in [-0.1, -0.05) is 11.6 Å². The molecule has 1 unspecified atom stereocenters. The highest BCUT2D eigenvalue weighted by atomic mass is 35.5. The van der Waals surface area contributed by atoms with Crippen LogP contribution in [-0.4, -0.2) is 22.2 Å². The first-order valence-electron chi connectivity index (χ1n) is 3.62. The van der Waals surface area contributed by atoms with Crippen LogP contribution in [0, 0.1) is 0 Å². The highest BCUT2D eigenvalue weighted by Crippen LogP contribution is 2.17. The van der Waals surface area contributed by atoms with E-state index in [-0.39, 0.29) is 0 Å². The SMILES string of the molecule is CC(C)N1C=CC(O)C(Cl)=C1. The largest absolute Gasteiger partial charge is 0.383 e. The Hall–Kier alpha value is -0.470. The summed E-state index contributed by atoms with van der Waals surface area (Å²) in [5.74, 6) is 0. The van der Waals surface area contributed by atoms with E-state index in [0.29, 0.717) is 11.1 Å². The lowest BCUT2D eigenvalue weighted by Gasteiger charge is -2.25. The first-order chi connectivity index (χ1) is 5.11. The van der Waals surface area contributed by atoms with Crippen molar-refractivity contribution in [1.82, 2.24) is 4.90 Å². The summed E-state index contributed by atoms with van der Waals surface area (Å²) in [6.45, 7) is 4.12. The van der Waals surface area contributed by atoms with E-state index < -0.39 is 6.10 Å². The van der Waals surface area contributed by atoms with E-state index in [9.17, 15) is 0 Å². The monoisotopic (exact) mass is 173 g/mol. The average molecular weight is 174 g/mol. The van der Waals surface area contributed by atoms with Gasteiger partial charge in [-0.15, -0.1) is 0 Å². The van der Waals surface area contributed by atoms with Gasteiger partial charge in [0, 0.05) is 18.4 Å². The molecule has 0 saturated heterocycles. The Morgan fingerprint density at radius 2 is 2.27 bits per heavy atom. The van der Waals surface area contributed by atoms with Gasteiger partial charge in [-0.05, 0) is 19.9 Å². The second-order valence-corrected chi connectivity index (χ2v) is 3.28. The fourth-order valence-electron chi connectivity index (χ4n) is 0.856. The average Bonchev–Trinajstić information content (AvgIpc) is 1.94. The zero-order valence-corrected chi connectivity index (χ0v) is 7.42. The smallest absolute Gasteiger partial charge is 0.111 e. The van der Waals surface area contributed by atoms with E-state index in [1.165, 1.54) is 0 Å². The summed E-state index contributed by atoms with van der Waals surface area (Å²) < 4.78 is 0. The molecule has 0 radical (unpaired) electrons. The van der Waals surface area contributed by atoms with Gasteiger partial charge in [-0.3, -0.25) is 0 Å². The van der Waals surface area contributed by atoms with Crippen molar-refractivity contribution in [2.45, 2.75) is 26.0 Å². The Bertz CT molecular complexity index is 198. The van der Waals surface area contributed by atoms with Crippen molar-refractivity contribution in [3.63, 3.8) is 0 Å². The minimum atomic E-state index is -0.619. The van der Waals surface area contributed by atoms with Crippen LogP contribution in [0.15, 0.2) is 23.5 Å². The van der Waals surface area contributed by atoms with Crippen molar-refractivity contribution in [2.75, 3.05) is 0 Å². The molecule has 0 bridgehead atoms. The molecule has 0 amide bonds. The molecule has 0 aliphatic carbocycles. The van der Waals surface area contributed by atoms with Crippen molar-refractivity contribution >= 4 is 11.6 Å². The van der Waals surface area contributed by atoms with Crippen LogP contribution in [0.2, 0.25) is 0 Å². The molecule has 1 rings (SSSR count). The van der Waals surface area contributed by atoms with Crippen LogP contribution in [0.3, 0.4) is 0 Å². The van der Waals surface area contributed by atoms with E-state index >= 15 is 0 Å². The Balaban J connectivity index is 2.69. The molecule has 1 N–H and O–H groups in total. The van der Waals surface area contributed by atoms with E-state index in [2.05, 4.69) is 13.8 Å². The standard InChI is InChI=1S/C8H12ClNO/c1-6(2)10-4-3-8(11)7(9)5-10/h3-6,8,11H,1-2H3. The molecule has 0 saturated carbocycles. The molecule has 1 aliphatic heterocycles. The lowest BCUT2D eigenvalue weighted by atomic mass is 10.2. The zero-order chi connectivity index (χ0) is 8.43. The number of rotatable bonds is 1. The number of aliphatic hydroxyl groups is 1. The highest BCUT2D eigenvalue weighted by molar-refractivity contribution is 6.30. The lowest BCUT2D eigenvalue weighted by molar-refractivity contribution is 0.253. The third-order valence-electron chi connectivity index (χ3n) is 1.59.